The Morgan fingerprint density at radius 2 is 0.800 bits per heavy atom. The van der Waals surface area contributed by atoms with Gasteiger partial charge in [0, 0.05) is 0 Å². The van der Waals surface area contributed by atoms with Crippen molar-refractivity contribution in [2.75, 3.05) is 0 Å². The van der Waals surface area contributed by atoms with Crippen LogP contribution in [0.15, 0.2) is 157 Å². The first-order valence-electron chi connectivity index (χ1n) is 24.3. The zero-order valence-corrected chi connectivity index (χ0v) is 20.1. The molecule has 0 saturated heterocycles. The van der Waals surface area contributed by atoms with Crippen molar-refractivity contribution in [1.29, 1.82) is 0 Å². The fourth-order valence-corrected chi connectivity index (χ4v) is 4.78. The monoisotopic (exact) mass is 531 g/mol. The van der Waals surface area contributed by atoms with Gasteiger partial charge in [-0.15, -0.1) is 0 Å². The van der Waals surface area contributed by atoms with Crippen LogP contribution in [0.4, 0.5) is 0 Å². The van der Waals surface area contributed by atoms with Gasteiger partial charge >= 0.3 is 0 Å². The van der Waals surface area contributed by atoms with E-state index in [1.165, 1.54) is 0 Å². The summed E-state index contributed by atoms with van der Waals surface area (Å²) >= 11 is 0. The maximum atomic E-state index is 9.76. The molecule has 8 aromatic carbocycles. The van der Waals surface area contributed by atoms with Crippen LogP contribution < -0.4 is 0 Å². The van der Waals surface area contributed by atoms with Crippen LogP contribution in [-0.4, -0.2) is 0 Å². The van der Waals surface area contributed by atoms with Crippen LogP contribution in [0.2, 0.25) is 0 Å². The van der Waals surface area contributed by atoms with Gasteiger partial charge in [-0.05, 0) is 82.5 Å². The maximum Gasteiger partial charge on any atom is 0.0636 e. The Morgan fingerprint density at radius 3 is 1.50 bits per heavy atom. The van der Waals surface area contributed by atoms with E-state index < -0.39 is 222 Å². The van der Waals surface area contributed by atoms with Gasteiger partial charge in [0.25, 0.3) is 0 Å². The van der Waals surface area contributed by atoms with Crippen molar-refractivity contribution in [3.63, 3.8) is 0 Å². The summed E-state index contributed by atoms with van der Waals surface area (Å²) in [7, 11) is 0. The number of rotatable bonds is 3. The largest absolute Gasteiger partial charge is 0.0636 e. The normalized spacial score (nSPS) is 20.2. The molecule has 186 valence electrons. The zero-order chi connectivity index (χ0) is 48.2. The topological polar surface area (TPSA) is 0 Å². The molecule has 0 fully saturated rings. The van der Waals surface area contributed by atoms with Crippen molar-refractivity contribution < 1.29 is 34.3 Å². The number of hydrogen-bond acceptors (Lipinski definition) is 0. The number of benzene rings is 8. The molecule has 8 aromatic rings. The minimum atomic E-state index is -1.03. The van der Waals surface area contributed by atoms with E-state index in [1.807, 2.05) is 0 Å². The van der Waals surface area contributed by atoms with Crippen molar-refractivity contribution in [1.82, 2.24) is 0 Å². The van der Waals surface area contributed by atoms with E-state index in [1.54, 1.807) is 0 Å². The minimum absolute atomic E-state index is 0.318. The Morgan fingerprint density at radius 1 is 0.325 bits per heavy atom. The summed E-state index contributed by atoms with van der Waals surface area (Å²) in [5.41, 5.74) is -4.33. The SMILES string of the molecule is [2H]c1cc2c([2H])c([2H])c([2H])c([2H])c2c(-c2c([2H])c([2H])c([2H])c(-c3c4c([2H])c([2H])c([2H])c([2H])c4c(-c4c([2H])c([2H])c([2H])c5c([2H])c([2H])c([2H])c([2H])c45)c4c([2H])c([2H])c([2H])c([2H])c34)c2[2H])c1[2H]. The molecule has 0 spiro atoms. The van der Waals surface area contributed by atoms with Gasteiger partial charge in [-0.1, -0.05) is 151 Å². The second kappa shape index (κ2) is 9.22. The molecule has 0 amide bonds. The predicted octanol–water partition coefficient (Wildman–Crippen LogP) is 11.3. The molecule has 0 unspecified atom stereocenters. The molecule has 0 saturated carbocycles. The molecular weight excluding hydrogens is 480 g/mol. The second-order valence-electron chi connectivity index (χ2n) is 8.58. The summed E-state index contributed by atoms with van der Waals surface area (Å²) in [5.74, 6) is 0. The van der Waals surface area contributed by atoms with E-state index >= 15 is 0 Å². The summed E-state index contributed by atoms with van der Waals surface area (Å²) in [4.78, 5) is 0. The van der Waals surface area contributed by atoms with Crippen LogP contribution >= 0.6 is 0 Å². The highest BCUT2D eigenvalue weighted by molar-refractivity contribution is 6.23. The standard InChI is InChI=1S/C40H26/c1-3-18-31-27(12-1)14-10-24-33(31)29-16-9-17-30(26-29)39-35-20-5-7-22-37(35)40(38-23-8-6-21-36(38)39)34-25-11-15-28-13-2-4-19-32(28)34/h1-26H/i1D,2D,3D,4D,5D,6D,7D,8D,9D,10D,11D,12D,13D,15D,16D,17D,18D,19D,20D,21D,22D,23D,24D,25D,26D. The Labute approximate surface area is 268 Å². The molecule has 0 bridgehead atoms. The van der Waals surface area contributed by atoms with E-state index in [0.29, 0.717) is 0 Å². The average Bonchev–Trinajstić information content (AvgIpc) is 3.27. The fourth-order valence-electron chi connectivity index (χ4n) is 4.78. The molecular formula is C40H26. The van der Waals surface area contributed by atoms with E-state index in [0.717, 1.165) is 6.07 Å². The lowest BCUT2D eigenvalue weighted by atomic mass is 9.84. The van der Waals surface area contributed by atoms with Gasteiger partial charge in [0.05, 0.1) is 34.3 Å². The van der Waals surface area contributed by atoms with Crippen LogP contribution in [0.25, 0.3) is 76.5 Å². The highest BCUT2D eigenvalue weighted by Crippen LogP contribution is 2.45. The van der Waals surface area contributed by atoms with E-state index in [-0.39, 0.29) is 5.39 Å². The highest BCUT2D eigenvalue weighted by atomic mass is 14.2. The first kappa shape index (κ1) is 8.91. The van der Waals surface area contributed by atoms with Gasteiger partial charge in [-0.3, -0.25) is 0 Å². The number of fused-ring (bicyclic) bond motifs is 4. The lowest BCUT2D eigenvalue weighted by Gasteiger charge is -2.19. The van der Waals surface area contributed by atoms with Crippen LogP contribution in [0.3, 0.4) is 0 Å². The Kier molecular flexibility index (Phi) is 2.05. The molecule has 0 heterocycles. The van der Waals surface area contributed by atoms with Gasteiger partial charge < -0.3 is 0 Å². The third kappa shape index (κ3) is 3.54. The van der Waals surface area contributed by atoms with E-state index in [4.69, 9.17) is 24.7 Å². The molecule has 0 aliphatic rings. The molecule has 0 atom stereocenters. The lowest BCUT2D eigenvalue weighted by Crippen LogP contribution is -1.92. The second-order valence-corrected chi connectivity index (χ2v) is 8.58. The average molecular weight is 532 g/mol. The number of hydrogen-bond donors (Lipinski definition) is 0. The quantitative estimate of drug-likeness (QED) is 0.199. The van der Waals surface area contributed by atoms with E-state index in [9.17, 15) is 9.60 Å². The highest BCUT2D eigenvalue weighted by Gasteiger charge is 2.18. The van der Waals surface area contributed by atoms with Gasteiger partial charge in [0.15, 0.2) is 0 Å². The summed E-state index contributed by atoms with van der Waals surface area (Å²) < 4.78 is 223. The fraction of sp³-hybridized carbons (Fsp3) is 0. The molecule has 0 nitrogen and oxygen atoms in total. The lowest BCUT2D eigenvalue weighted by molar-refractivity contribution is 1.63. The zero-order valence-electron chi connectivity index (χ0n) is 45.1. The predicted molar refractivity (Wildman–Crippen MR) is 173 cm³/mol. The van der Waals surface area contributed by atoms with Crippen LogP contribution in [0.5, 0.6) is 0 Å². The van der Waals surface area contributed by atoms with Crippen molar-refractivity contribution in [3.05, 3.63) is 157 Å². The van der Waals surface area contributed by atoms with Crippen LogP contribution in [-0.2, 0) is 0 Å². The van der Waals surface area contributed by atoms with Gasteiger partial charge in [0.1, 0.15) is 0 Å². The summed E-state index contributed by atoms with van der Waals surface area (Å²) in [6, 6.07) is -21.4. The Bertz CT molecular complexity index is 3510. The molecule has 0 N–H and O–H groups in total. The first-order valence-corrected chi connectivity index (χ1v) is 11.8. The smallest absolute Gasteiger partial charge is 0.0616 e. The minimum Gasteiger partial charge on any atom is -0.0616 e. The molecule has 40 heavy (non-hydrogen) atoms. The van der Waals surface area contributed by atoms with E-state index in [2.05, 4.69) is 0 Å². The molecule has 0 radical (unpaired) electrons. The van der Waals surface area contributed by atoms with Gasteiger partial charge in [0.2, 0.25) is 0 Å². The summed E-state index contributed by atoms with van der Waals surface area (Å²) in [5, 5.41) is -4.88. The maximum absolute atomic E-state index is 9.76. The molecule has 0 aliphatic carbocycles. The van der Waals surface area contributed by atoms with Crippen molar-refractivity contribution in [2.24, 2.45) is 0 Å². The van der Waals surface area contributed by atoms with Crippen molar-refractivity contribution in [2.45, 2.75) is 0 Å². The van der Waals surface area contributed by atoms with Crippen molar-refractivity contribution >= 4 is 43.1 Å². The Hall–Kier alpha value is -5.20. The van der Waals surface area contributed by atoms with Crippen LogP contribution in [0, 0.1) is 0 Å². The van der Waals surface area contributed by atoms with Crippen molar-refractivity contribution in [3.8, 4) is 33.4 Å². The summed E-state index contributed by atoms with van der Waals surface area (Å²) in [6.45, 7) is 0. The van der Waals surface area contributed by atoms with Crippen LogP contribution in [0.1, 0.15) is 34.3 Å². The molecule has 0 heteroatoms. The third-order valence-electron chi connectivity index (χ3n) is 6.44. The molecule has 0 aliphatic heterocycles. The van der Waals surface area contributed by atoms with Gasteiger partial charge in [-0.25, -0.2) is 0 Å². The first-order chi connectivity index (χ1) is 30.3. The molecule has 0 aromatic heterocycles. The Balaban J connectivity index is 1.76. The molecule has 8 rings (SSSR count). The third-order valence-corrected chi connectivity index (χ3v) is 6.44. The summed E-state index contributed by atoms with van der Waals surface area (Å²) in [6.07, 6.45) is 0. The van der Waals surface area contributed by atoms with Gasteiger partial charge in [-0.2, -0.15) is 0 Å².